The molecule has 6 atom stereocenters. The summed E-state index contributed by atoms with van der Waals surface area (Å²) in [4.78, 5) is 14.4. The summed E-state index contributed by atoms with van der Waals surface area (Å²) in [5.74, 6) is 0.884. The molecular weight excluding hydrogens is 590 g/mol. The number of aromatic hydroxyl groups is 1. The molecule has 10 heteroatoms. The smallest absolute Gasteiger partial charge is 0.230 e. The molecule has 244 valence electrons. The fourth-order valence-corrected chi connectivity index (χ4v) is 8.77. The molecule has 3 aliphatic rings. The van der Waals surface area contributed by atoms with Gasteiger partial charge < -0.3 is 29.6 Å². The number of oxime groups is 1. The number of nitrogens with zero attached hydrogens (tertiary/aromatic N) is 3. The van der Waals surface area contributed by atoms with Crippen LogP contribution < -0.4 is 4.74 Å². The number of aryl methyl sites for hydroxylation is 1. The van der Waals surface area contributed by atoms with E-state index in [1.54, 1.807) is 42.5 Å². The molecule has 6 unspecified atom stereocenters. The third-order valence-corrected chi connectivity index (χ3v) is 10.6. The van der Waals surface area contributed by atoms with E-state index in [1.807, 2.05) is 19.1 Å². The highest BCUT2D eigenvalue weighted by Crippen LogP contribution is 2.62. The lowest BCUT2D eigenvalue weighted by Crippen LogP contribution is -2.64. The summed E-state index contributed by atoms with van der Waals surface area (Å²) in [6.07, 6.45) is 15.8. The Kier molecular flexibility index (Phi) is 11.9. The number of aromatic nitrogens is 2. The van der Waals surface area contributed by atoms with Gasteiger partial charge in [-0.25, -0.2) is 0 Å². The number of phenols is 1. The van der Waals surface area contributed by atoms with Gasteiger partial charge in [-0.05, 0) is 74.0 Å². The molecule has 1 aromatic heterocycles. The van der Waals surface area contributed by atoms with Crippen molar-refractivity contribution in [3.63, 3.8) is 0 Å². The number of allylic oxidation sites excluding steroid dienone is 1. The molecule has 0 radical (unpaired) electrons. The summed E-state index contributed by atoms with van der Waals surface area (Å²) in [6.45, 7) is 7.01. The second-order valence-corrected chi connectivity index (χ2v) is 13.3. The van der Waals surface area contributed by atoms with E-state index in [0.717, 1.165) is 79.0 Å². The maximum atomic E-state index is 10.7. The van der Waals surface area contributed by atoms with Crippen LogP contribution in [0.5, 0.6) is 11.5 Å². The minimum Gasteiger partial charge on any atom is -0.508 e. The van der Waals surface area contributed by atoms with Crippen LogP contribution in [0, 0.1) is 17.8 Å². The number of ether oxygens (including phenoxy) is 2. The molecule has 45 heavy (non-hydrogen) atoms. The molecule has 2 aromatic rings. The minimum atomic E-state index is -1.02. The van der Waals surface area contributed by atoms with Crippen molar-refractivity contribution >= 4 is 17.5 Å². The number of unbranched alkanes of at least 4 members (excludes halogenated alkanes) is 2. The highest BCUT2D eigenvalue weighted by Gasteiger charge is 2.63. The molecule has 1 fully saturated rings. The first-order chi connectivity index (χ1) is 22.1. The van der Waals surface area contributed by atoms with Crippen LogP contribution in [0.3, 0.4) is 0 Å². The predicted octanol–water partition coefficient (Wildman–Crippen LogP) is 5.81. The van der Waals surface area contributed by atoms with E-state index >= 15 is 0 Å². The summed E-state index contributed by atoms with van der Waals surface area (Å²) < 4.78 is 13.9. The minimum absolute atomic E-state index is 0.0290. The Bertz CT molecular complexity index is 1320. The zero-order valence-electron chi connectivity index (χ0n) is 26.2. The van der Waals surface area contributed by atoms with Gasteiger partial charge in [0, 0.05) is 56.1 Å². The first-order valence-electron chi connectivity index (χ1n) is 16.3. The highest BCUT2D eigenvalue weighted by atomic mass is 32.2. The number of hydrogen-bond donors (Lipinski definition) is 3. The molecule has 0 amide bonds. The van der Waals surface area contributed by atoms with Gasteiger partial charge in [0.15, 0.2) is 0 Å². The van der Waals surface area contributed by atoms with Gasteiger partial charge in [0.1, 0.15) is 18.1 Å². The number of thioether (sulfide) groups is 1. The van der Waals surface area contributed by atoms with E-state index in [2.05, 4.69) is 22.6 Å². The molecule has 0 saturated heterocycles. The lowest BCUT2D eigenvalue weighted by atomic mass is 9.56. The predicted molar refractivity (Wildman–Crippen MR) is 176 cm³/mol. The van der Waals surface area contributed by atoms with Gasteiger partial charge in [-0.1, -0.05) is 30.1 Å². The van der Waals surface area contributed by atoms with Crippen molar-refractivity contribution in [3.05, 3.63) is 72.4 Å². The number of hydrogen-bond acceptors (Lipinski definition) is 10. The summed E-state index contributed by atoms with van der Waals surface area (Å²) in [7, 11) is 0. The number of rotatable bonds is 17. The number of aliphatic hydroxyl groups is 2. The standard InChI is InChI=1S/C35H47N3O6S/c1-3-18-42-35-32(45-19-13-25-23-36-14-15-37-25)22-30(38-43-4-2)28-20-24(9-5-7-16-39)27(10-6-8-17-40)33(34(28)35)29-21-26(41)11-12-31(29)44-35/h3,11-12,14-15,20-21,23-24,27,32-34,39-41H,1,4-10,13,16-19,22H2,2H3. The quantitative estimate of drug-likeness (QED) is 0.112. The monoisotopic (exact) mass is 637 g/mol. The number of benzene rings is 1. The summed E-state index contributed by atoms with van der Waals surface area (Å²) in [5.41, 5.74) is 3.91. The Morgan fingerprint density at radius 1 is 1.16 bits per heavy atom. The van der Waals surface area contributed by atoms with E-state index < -0.39 is 5.79 Å². The van der Waals surface area contributed by atoms with Crippen LogP contribution in [0.25, 0.3) is 0 Å². The number of aliphatic hydroxyl groups excluding tert-OH is 2. The number of phenolic OH excluding ortho intramolecular Hbond substituents is 1. The Morgan fingerprint density at radius 3 is 2.71 bits per heavy atom. The van der Waals surface area contributed by atoms with Crippen molar-refractivity contribution in [1.29, 1.82) is 0 Å². The van der Waals surface area contributed by atoms with Crippen molar-refractivity contribution in [2.75, 3.05) is 32.2 Å². The second kappa shape index (κ2) is 16.1. The van der Waals surface area contributed by atoms with Crippen molar-refractivity contribution in [3.8, 4) is 11.5 Å². The fourth-order valence-electron chi connectivity index (χ4n) is 7.39. The molecule has 5 rings (SSSR count). The van der Waals surface area contributed by atoms with Crippen LogP contribution in [-0.2, 0) is 16.0 Å². The molecule has 2 aliphatic carbocycles. The van der Waals surface area contributed by atoms with Crippen molar-refractivity contribution < 1.29 is 29.6 Å². The van der Waals surface area contributed by atoms with Crippen molar-refractivity contribution in [2.45, 2.75) is 75.2 Å². The Morgan fingerprint density at radius 2 is 1.98 bits per heavy atom. The summed E-state index contributed by atoms with van der Waals surface area (Å²) in [6, 6.07) is 5.41. The van der Waals surface area contributed by atoms with Gasteiger partial charge in [0.25, 0.3) is 0 Å². The third-order valence-electron chi connectivity index (χ3n) is 9.23. The third kappa shape index (κ3) is 7.40. The van der Waals surface area contributed by atoms with Gasteiger partial charge in [-0.15, -0.1) is 6.58 Å². The van der Waals surface area contributed by atoms with Crippen LogP contribution in [0.4, 0.5) is 0 Å². The Labute approximate surface area is 270 Å². The van der Waals surface area contributed by atoms with Gasteiger partial charge in [0.2, 0.25) is 5.79 Å². The van der Waals surface area contributed by atoms with Gasteiger partial charge in [0.05, 0.1) is 29.2 Å². The first-order valence-corrected chi connectivity index (χ1v) is 17.4. The molecule has 3 N–H and O–H groups in total. The van der Waals surface area contributed by atoms with Crippen LogP contribution >= 0.6 is 11.8 Å². The maximum absolute atomic E-state index is 10.7. The molecule has 0 spiro atoms. The van der Waals surface area contributed by atoms with Gasteiger partial charge in [-0.2, -0.15) is 11.8 Å². The molecule has 1 aliphatic heterocycles. The van der Waals surface area contributed by atoms with Gasteiger partial charge in [-0.3, -0.25) is 9.97 Å². The number of fused-ring (bicyclic) bond motifs is 2. The lowest BCUT2D eigenvalue weighted by molar-refractivity contribution is -0.223. The van der Waals surface area contributed by atoms with Crippen LogP contribution in [0.15, 0.2) is 66.2 Å². The molecule has 0 bridgehead atoms. The fraction of sp³-hybridized carbons (Fsp3) is 0.571. The van der Waals surface area contributed by atoms with Crippen LogP contribution in [0.1, 0.15) is 69.0 Å². The Balaban J connectivity index is 1.64. The van der Waals surface area contributed by atoms with E-state index in [1.165, 1.54) is 0 Å². The van der Waals surface area contributed by atoms with Crippen molar-refractivity contribution in [1.82, 2.24) is 9.97 Å². The van der Waals surface area contributed by atoms with Crippen LogP contribution in [-0.4, -0.2) is 74.2 Å². The molecule has 1 saturated carbocycles. The van der Waals surface area contributed by atoms with Crippen LogP contribution in [0.2, 0.25) is 0 Å². The van der Waals surface area contributed by atoms with E-state index in [-0.39, 0.29) is 47.9 Å². The molecule has 9 nitrogen and oxygen atoms in total. The topological polar surface area (TPSA) is 127 Å². The normalized spacial score (nSPS) is 27.7. The summed E-state index contributed by atoms with van der Waals surface area (Å²) >= 11 is 1.80. The van der Waals surface area contributed by atoms with Gasteiger partial charge >= 0.3 is 0 Å². The zero-order valence-corrected chi connectivity index (χ0v) is 27.0. The largest absolute Gasteiger partial charge is 0.508 e. The SMILES string of the molecule is C=CCOC12Oc3ccc(O)cc3C3C(CCCCO)C(CCCCO)C=C(C(=NOCC)CC1SCCc1cnccn1)C32. The average molecular weight is 638 g/mol. The summed E-state index contributed by atoms with van der Waals surface area (Å²) in [5, 5.41) is 34.6. The Hall–Kier alpha value is -2.92. The molecule has 2 heterocycles. The second-order valence-electron chi connectivity index (χ2n) is 12.0. The molecule has 1 aromatic carbocycles. The van der Waals surface area contributed by atoms with Crippen molar-refractivity contribution in [2.24, 2.45) is 22.9 Å². The first kappa shape index (κ1) is 33.4. The van der Waals surface area contributed by atoms with E-state index in [4.69, 9.17) is 19.5 Å². The average Bonchev–Trinajstić information content (AvgIpc) is 3.05. The molecular formula is C35H47N3O6S. The van der Waals surface area contributed by atoms with E-state index in [0.29, 0.717) is 19.6 Å². The lowest BCUT2D eigenvalue weighted by Gasteiger charge is -2.58. The maximum Gasteiger partial charge on any atom is 0.230 e. The van der Waals surface area contributed by atoms with E-state index in [9.17, 15) is 15.3 Å². The highest BCUT2D eigenvalue weighted by molar-refractivity contribution is 8.00. The zero-order chi connectivity index (χ0) is 31.6.